The van der Waals surface area contributed by atoms with Crippen LogP contribution in [0.4, 0.5) is 4.79 Å². The van der Waals surface area contributed by atoms with Crippen molar-refractivity contribution in [2.75, 3.05) is 20.3 Å². The summed E-state index contributed by atoms with van der Waals surface area (Å²) in [6.45, 7) is 7.38. The predicted molar refractivity (Wildman–Crippen MR) is 174 cm³/mol. The maximum Gasteiger partial charge on any atom is 0.338 e. The minimum atomic E-state index is -0.774. The first-order valence-corrected chi connectivity index (χ1v) is 14.8. The van der Waals surface area contributed by atoms with Gasteiger partial charge in [-0.25, -0.2) is 15.0 Å². The van der Waals surface area contributed by atoms with E-state index in [1.165, 1.54) is 13.3 Å². The summed E-state index contributed by atoms with van der Waals surface area (Å²) < 4.78 is 22.3. The largest absolute Gasteiger partial charge is 0.493 e. The Kier molecular flexibility index (Phi) is 11.8. The number of nitrogens with zero attached hydrogens (tertiary/aromatic N) is 1. The van der Waals surface area contributed by atoms with E-state index in [-0.39, 0.29) is 24.5 Å². The highest BCUT2D eigenvalue weighted by Crippen LogP contribution is 2.34. The smallest absolute Gasteiger partial charge is 0.338 e. The van der Waals surface area contributed by atoms with E-state index in [4.69, 9.17) is 30.5 Å². The highest BCUT2D eigenvalue weighted by molar-refractivity contribution is 6.30. The zero-order chi connectivity index (χ0) is 33.1. The third kappa shape index (κ3) is 8.89. The highest BCUT2D eigenvalue weighted by atomic mass is 35.5. The van der Waals surface area contributed by atoms with E-state index in [1.54, 1.807) is 38.1 Å². The lowest BCUT2D eigenvalue weighted by Crippen LogP contribution is -2.45. The van der Waals surface area contributed by atoms with E-state index in [2.05, 4.69) is 27.7 Å². The number of esters is 1. The highest BCUT2D eigenvalue weighted by Gasteiger charge is 2.32. The molecule has 3 amide bonds. The second-order valence-electron chi connectivity index (χ2n) is 10.1. The molecular weight excluding hydrogens is 612 g/mol. The Morgan fingerprint density at radius 3 is 2.52 bits per heavy atom. The molecule has 11 nitrogen and oxygen atoms in total. The van der Waals surface area contributed by atoms with E-state index in [0.717, 1.165) is 22.4 Å². The molecule has 4 rings (SSSR count). The molecular formula is C34H35ClN4O7. The van der Waals surface area contributed by atoms with Crippen molar-refractivity contribution in [1.82, 2.24) is 16.1 Å². The molecule has 0 unspecified atom stereocenters. The summed E-state index contributed by atoms with van der Waals surface area (Å²) in [6, 6.07) is 16.7. The molecule has 1 heterocycles. The molecule has 3 aromatic rings. The Labute approximate surface area is 272 Å². The molecule has 46 heavy (non-hydrogen) atoms. The molecule has 0 bridgehead atoms. The molecule has 0 radical (unpaired) electrons. The van der Waals surface area contributed by atoms with Crippen LogP contribution in [0.25, 0.3) is 0 Å². The number of carbonyl (C=O) groups is 3. The number of nitrogens with one attached hydrogen (secondary N) is 3. The van der Waals surface area contributed by atoms with Gasteiger partial charge >= 0.3 is 12.0 Å². The Balaban J connectivity index is 1.36. The molecule has 0 fully saturated rings. The number of amides is 3. The standard InChI is InChI=1S/C34H35ClN4O7/c1-5-7-24-16-23(10-14-27(24)45-19-22-8-12-26(35)13-9-22)18-36-39-30(40)20-46-28-15-11-25(17-29(28)43-4)32-31(33(41)44-6-2)21(3)37-34(42)38-32/h5,8-18,32H,1,6-7,19-20H2,2-4H3,(H,39,40)(H2,37,38,42)/b36-18-/t32-/m1/s1. The molecule has 0 aliphatic carbocycles. The average Bonchev–Trinajstić information content (AvgIpc) is 3.04. The molecule has 1 aliphatic rings. The van der Waals surface area contributed by atoms with Crippen LogP contribution in [0.2, 0.25) is 5.02 Å². The second-order valence-corrected chi connectivity index (χ2v) is 10.5. The maximum absolute atomic E-state index is 12.6. The van der Waals surface area contributed by atoms with Crippen LogP contribution in [-0.2, 0) is 27.4 Å². The van der Waals surface area contributed by atoms with E-state index in [0.29, 0.717) is 35.1 Å². The average molecular weight is 647 g/mol. The van der Waals surface area contributed by atoms with Crippen LogP contribution in [0.3, 0.4) is 0 Å². The van der Waals surface area contributed by atoms with Gasteiger partial charge in [-0.05, 0) is 85.0 Å². The van der Waals surface area contributed by atoms with E-state index >= 15 is 0 Å². The molecule has 0 spiro atoms. The number of carbonyl (C=O) groups excluding carboxylic acids is 3. The summed E-state index contributed by atoms with van der Waals surface area (Å²) in [6.07, 6.45) is 3.89. The molecule has 0 saturated heterocycles. The molecule has 1 atom stereocenters. The van der Waals surface area contributed by atoms with Gasteiger partial charge in [0.05, 0.1) is 31.5 Å². The summed E-state index contributed by atoms with van der Waals surface area (Å²) in [4.78, 5) is 37.3. The maximum atomic E-state index is 12.6. The molecule has 3 N–H and O–H groups in total. The number of rotatable bonds is 14. The van der Waals surface area contributed by atoms with E-state index in [1.807, 2.05) is 42.5 Å². The fourth-order valence-electron chi connectivity index (χ4n) is 4.64. The molecule has 12 heteroatoms. The first-order valence-electron chi connectivity index (χ1n) is 14.4. The quantitative estimate of drug-likeness (QED) is 0.0926. The molecule has 3 aromatic carbocycles. The van der Waals surface area contributed by atoms with Gasteiger partial charge in [0, 0.05) is 10.7 Å². The molecule has 1 aliphatic heterocycles. The third-order valence-electron chi connectivity index (χ3n) is 6.80. The van der Waals surface area contributed by atoms with Crippen molar-refractivity contribution in [2.45, 2.75) is 32.9 Å². The van der Waals surface area contributed by atoms with E-state index < -0.39 is 23.9 Å². The number of benzene rings is 3. The minimum absolute atomic E-state index is 0.182. The number of hydrogen-bond acceptors (Lipinski definition) is 8. The number of methoxy groups -OCH3 is 1. The summed E-state index contributed by atoms with van der Waals surface area (Å²) in [5, 5.41) is 10.0. The van der Waals surface area contributed by atoms with Crippen molar-refractivity contribution in [2.24, 2.45) is 5.10 Å². The SMILES string of the molecule is C=CCc1cc(/C=N\NC(=O)COc2ccc([C@H]3NC(=O)NC(C)=C3C(=O)OCC)cc2OC)ccc1OCc1ccc(Cl)cc1. The van der Waals surface area contributed by atoms with Gasteiger partial charge in [0.25, 0.3) is 5.91 Å². The van der Waals surface area contributed by atoms with Crippen molar-refractivity contribution in [3.05, 3.63) is 112 Å². The van der Waals surface area contributed by atoms with Gasteiger partial charge in [-0.3, -0.25) is 4.79 Å². The van der Waals surface area contributed by atoms with Gasteiger partial charge < -0.3 is 29.6 Å². The van der Waals surface area contributed by atoms with Crippen molar-refractivity contribution >= 4 is 35.7 Å². The number of halogens is 1. The zero-order valence-electron chi connectivity index (χ0n) is 25.7. The first kappa shape index (κ1) is 33.6. The monoisotopic (exact) mass is 646 g/mol. The second kappa shape index (κ2) is 16.1. The van der Waals surface area contributed by atoms with Gasteiger partial charge in [-0.1, -0.05) is 35.9 Å². The number of urea groups is 1. The lowest BCUT2D eigenvalue weighted by atomic mass is 9.95. The fraction of sp³-hybridized carbons (Fsp3) is 0.235. The number of hydrogen-bond donors (Lipinski definition) is 3. The third-order valence-corrected chi connectivity index (χ3v) is 7.06. The summed E-state index contributed by atoms with van der Waals surface area (Å²) in [7, 11) is 1.44. The number of allylic oxidation sites excluding steroid dienone is 2. The van der Waals surface area contributed by atoms with Gasteiger partial charge in [-0.15, -0.1) is 6.58 Å². The Morgan fingerprint density at radius 2 is 1.80 bits per heavy atom. The molecule has 0 aromatic heterocycles. The van der Waals surface area contributed by atoms with Crippen molar-refractivity contribution in [3.63, 3.8) is 0 Å². The zero-order valence-corrected chi connectivity index (χ0v) is 26.5. The fourth-order valence-corrected chi connectivity index (χ4v) is 4.76. The van der Waals surface area contributed by atoms with Crippen LogP contribution >= 0.6 is 11.6 Å². The predicted octanol–water partition coefficient (Wildman–Crippen LogP) is 5.38. The number of hydrazone groups is 1. The van der Waals surface area contributed by atoms with Gasteiger partial charge in [0.2, 0.25) is 0 Å². The van der Waals surface area contributed by atoms with Gasteiger partial charge in [-0.2, -0.15) is 5.10 Å². The lowest BCUT2D eigenvalue weighted by molar-refractivity contribution is -0.139. The van der Waals surface area contributed by atoms with Crippen LogP contribution in [0.5, 0.6) is 17.2 Å². The summed E-state index contributed by atoms with van der Waals surface area (Å²) in [5.41, 5.74) is 6.33. The molecule has 0 saturated carbocycles. The summed E-state index contributed by atoms with van der Waals surface area (Å²) in [5.74, 6) is 0.257. The Bertz CT molecular complexity index is 1650. The van der Waals surface area contributed by atoms with Gasteiger partial charge in [0.1, 0.15) is 12.4 Å². The first-order chi connectivity index (χ1) is 22.2. The van der Waals surface area contributed by atoms with Crippen LogP contribution in [0.15, 0.2) is 89.7 Å². The summed E-state index contributed by atoms with van der Waals surface area (Å²) >= 11 is 5.96. The minimum Gasteiger partial charge on any atom is -0.493 e. The van der Waals surface area contributed by atoms with E-state index in [9.17, 15) is 14.4 Å². The van der Waals surface area contributed by atoms with Crippen LogP contribution in [0, 0.1) is 0 Å². The van der Waals surface area contributed by atoms with Crippen LogP contribution in [0.1, 0.15) is 42.1 Å². The van der Waals surface area contributed by atoms with Crippen molar-refractivity contribution in [1.29, 1.82) is 0 Å². The van der Waals surface area contributed by atoms with Crippen LogP contribution < -0.4 is 30.3 Å². The lowest BCUT2D eigenvalue weighted by Gasteiger charge is -2.28. The van der Waals surface area contributed by atoms with Crippen LogP contribution in [-0.4, -0.2) is 44.4 Å². The number of ether oxygens (including phenoxy) is 4. The van der Waals surface area contributed by atoms with Crippen molar-refractivity contribution in [3.8, 4) is 17.2 Å². The van der Waals surface area contributed by atoms with Crippen molar-refractivity contribution < 1.29 is 33.3 Å². The topological polar surface area (TPSA) is 137 Å². The Hall–Kier alpha value is -5.29. The van der Waals surface area contributed by atoms with Gasteiger partial charge in [0.15, 0.2) is 18.1 Å². The normalized spacial score (nSPS) is 14.3. The molecule has 240 valence electrons. The Morgan fingerprint density at radius 1 is 1.04 bits per heavy atom.